The average molecular weight is 204 g/mol. The summed E-state index contributed by atoms with van der Waals surface area (Å²) in [5.74, 6) is 1.01. The molecule has 1 saturated carbocycles. The van der Waals surface area contributed by atoms with E-state index in [1.165, 1.54) is 30.4 Å². The SMILES string of the molecule is Cc1cnccc1CNC(C)CC1CC1. The van der Waals surface area contributed by atoms with E-state index >= 15 is 0 Å². The van der Waals surface area contributed by atoms with Gasteiger partial charge in [-0.2, -0.15) is 0 Å². The van der Waals surface area contributed by atoms with Gasteiger partial charge in [0.05, 0.1) is 0 Å². The van der Waals surface area contributed by atoms with Crippen molar-refractivity contribution in [3.05, 3.63) is 29.6 Å². The first-order chi connectivity index (χ1) is 7.25. The molecule has 2 rings (SSSR count). The molecule has 82 valence electrons. The zero-order valence-electron chi connectivity index (χ0n) is 9.66. The third-order valence-electron chi connectivity index (χ3n) is 3.16. The number of nitrogens with zero attached hydrogens (tertiary/aromatic N) is 1. The quantitative estimate of drug-likeness (QED) is 0.797. The molecule has 1 atom stereocenters. The fourth-order valence-corrected chi connectivity index (χ4v) is 1.92. The minimum absolute atomic E-state index is 0.644. The van der Waals surface area contributed by atoms with E-state index in [0.717, 1.165) is 12.5 Å². The van der Waals surface area contributed by atoms with Gasteiger partial charge in [0.25, 0.3) is 0 Å². The summed E-state index contributed by atoms with van der Waals surface area (Å²) in [5.41, 5.74) is 2.65. The van der Waals surface area contributed by atoms with Gasteiger partial charge in [-0.05, 0) is 43.4 Å². The van der Waals surface area contributed by atoms with Crippen LogP contribution in [0, 0.1) is 12.8 Å². The highest BCUT2D eigenvalue weighted by molar-refractivity contribution is 5.21. The van der Waals surface area contributed by atoms with Crippen molar-refractivity contribution in [3.63, 3.8) is 0 Å². The van der Waals surface area contributed by atoms with E-state index in [1.807, 2.05) is 12.4 Å². The van der Waals surface area contributed by atoms with Gasteiger partial charge in [-0.25, -0.2) is 0 Å². The maximum Gasteiger partial charge on any atom is 0.0300 e. The van der Waals surface area contributed by atoms with Crippen LogP contribution in [0.15, 0.2) is 18.5 Å². The molecule has 0 bridgehead atoms. The zero-order chi connectivity index (χ0) is 10.7. The lowest BCUT2D eigenvalue weighted by molar-refractivity contribution is 0.487. The van der Waals surface area contributed by atoms with Gasteiger partial charge < -0.3 is 5.32 Å². The molecule has 0 aliphatic heterocycles. The van der Waals surface area contributed by atoms with Gasteiger partial charge in [-0.15, -0.1) is 0 Å². The molecule has 0 radical (unpaired) electrons. The van der Waals surface area contributed by atoms with Crippen LogP contribution in [0.5, 0.6) is 0 Å². The Hall–Kier alpha value is -0.890. The standard InChI is InChI=1S/C13H20N2/c1-10-8-14-6-5-13(10)9-15-11(2)7-12-3-4-12/h5-6,8,11-12,15H,3-4,7,9H2,1-2H3. The van der Waals surface area contributed by atoms with Crippen LogP contribution in [0.3, 0.4) is 0 Å². The summed E-state index contributed by atoms with van der Waals surface area (Å²) in [5, 5.41) is 3.58. The zero-order valence-corrected chi connectivity index (χ0v) is 9.66. The molecule has 1 aromatic heterocycles. The summed E-state index contributed by atoms with van der Waals surface area (Å²) in [4.78, 5) is 4.10. The maximum absolute atomic E-state index is 4.10. The molecule has 1 aliphatic carbocycles. The first kappa shape index (κ1) is 10.6. The molecular weight excluding hydrogens is 184 g/mol. The van der Waals surface area contributed by atoms with Crippen molar-refractivity contribution in [2.24, 2.45) is 5.92 Å². The third kappa shape index (κ3) is 3.31. The van der Waals surface area contributed by atoms with Gasteiger partial charge in [0.2, 0.25) is 0 Å². The summed E-state index contributed by atoms with van der Waals surface area (Å²) < 4.78 is 0. The number of pyridine rings is 1. The molecule has 0 spiro atoms. The van der Waals surface area contributed by atoms with Crippen LogP contribution >= 0.6 is 0 Å². The summed E-state index contributed by atoms with van der Waals surface area (Å²) in [7, 11) is 0. The molecule has 0 amide bonds. The van der Waals surface area contributed by atoms with Gasteiger partial charge in [0.1, 0.15) is 0 Å². The number of hydrogen-bond acceptors (Lipinski definition) is 2. The molecule has 1 fully saturated rings. The maximum atomic E-state index is 4.10. The van der Waals surface area contributed by atoms with E-state index in [0.29, 0.717) is 6.04 Å². The van der Waals surface area contributed by atoms with Gasteiger partial charge >= 0.3 is 0 Å². The summed E-state index contributed by atoms with van der Waals surface area (Å²) in [6, 6.07) is 2.75. The first-order valence-corrected chi connectivity index (χ1v) is 5.88. The van der Waals surface area contributed by atoms with E-state index < -0.39 is 0 Å². The predicted molar refractivity (Wildman–Crippen MR) is 62.6 cm³/mol. The average Bonchev–Trinajstić information content (AvgIpc) is 3.00. The largest absolute Gasteiger partial charge is 0.310 e. The Balaban J connectivity index is 1.78. The molecule has 0 aromatic carbocycles. The molecule has 2 nitrogen and oxygen atoms in total. The minimum Gasteiger partial charge on any atom is -0.310 e. The fourth-order valence-electron chi connectivity index (χ4n) is 1.92. The normalized spacial score (nSPS) is 17.7. The molecule has 1 unspecified atom stereocenters. The summed E-state index contributed by atoms with van der Waals surface area (Å²) in [6.07, 6.45) is 8.03. The van der Waals surface area contributed by atoms with E-state index in [9.17, 15) is 0 Å². The van der Waals surface area contributed by atoms with Crippen molar-refractivity contribution in [2.75, 3.05) is 0 Å². The Morgan fingerprint density at radius 2 is 2.33 bits per heavy atom. The third-order valence-corrected chi connectivity index (χ3v) is 3.16. The monoisotopic (exact) mass is 204 g/mol. The molecule has 1 heterocycles. The van der Waals surface area contributed by atoms with Crippen molar-refractivity contribution in [3.8, 4) is 0 Å². The van der Waals surface area contributed by atoms with Crippen molar-refractivity contribution in [1.82, 2.24) is 10.3 Å². The second kappa shape index (κ2) is 4.75. The number of aromatic nitrogens is 1. The van der Waals surface area contributed by atoms with Crippen molar-refractivity contribution >= 4 is 0 Å². The smallest absolute Gasteiger partial charge is 0.0300 e. The van der Waals surface area contributed by atoms with Crippen LogP contribution < -0.4 is 5.32 Å². The number of hydrogen-bond donors (Lipinski definition) is 1. The first-order valence-electron chi connectivity index (χ1n) is 5.88. The lowest BCUT2D eigenvalue weighted by Crippen LogP contribution is -2.26. The van der Waals surface area contributed by atoms with Gasteiger partial charge in [-0.1, -0.05) is 12.8 Å². The number of rotatable bonds is 5. The van der Waals surface area contributed by atoms with Crippen LogP contribution in [0.2, 0.25) is 0 Å². The molecular formula is C13H20N2. The Morgan fingerprint density at radius 3 is 3.00 bits per heavy atom. The minimum atomic E-state index is 0.644. The highest BCUT2D eigenvalue weighted by Crippen LogP contribution is 2.33. The highest BCUT2D eigenvalue weighted by Gasteiger charge is 2.23. The summed E-state index contributed by atoms with van der Waals surface area (Å²) >= 11 is 0. The highest BCUT2D eigenvalue weighted by atomic mass is 14.9. The second-order valence-corrected chi connectivity index (χ2v) is 4.76. The predicted octanol–water partition coefficient (Wildman–Crippen LogP) is 2.67. The molecule has 15 heavy (non-hydrogen) atoms. The van der Waals surface area contributed by atoms with E-state index in [4.69, 9.17) is 0 Å². The summed E-state index contributed by atoms with van der Waals surface area (Å²) in [6.45, 7) is 5.38. The van der Waals surface area contributed by atoms with Crippen LogP contribution in [0.4, 0.5) is 0 Å². The Bertz CT molecular complexity index is 318. The Kier molecular flexibility index (Phi) is 3.37. The Morgan fingerprint density at radius 1 is 1.53 bits per heavy atom. The molecule has 1 N–H and O–H groups in total. The van der Waals surface area contributed by atoms with Crippen LogP contribution in [0.25, 0.3) is 0 Å². The number of aryl methyl sites for hydroxylation is 1. The molecule has 1 aromatic rings. The van der Waals surface area contributed by atoms with Crippen LogP contribution in [-0.4, -0.2) is 11.0 Å². The van der Waals surface area contributed by atoms with Crippen molar-refractivity contribution in [2.45, 2.75) is 45.7 Å². The van der Waals surface area contributed by atoms with Crippen molar-refractivity contribution < 1.29 is 0 Å². The second-order valence-electron chi connectivity index (χ2n) is 4.76. The molecule has 1 aliphatic rings. The molecule has 2 heteroatoms. The number of nitrogens with one attached hydrogen (secondary N) is 1. The lowest BCUT2D eigenvalue weighted by Gasteiger charge is -2.14. The fraction of sp³-hybridized carbons (Fsp3) is 0.615. The van der Waals surface area contributed by atoms with Crippen molar-refractivity contribution in [1.29, 1.82) is 0 Å². The van der Waals surface area contributed by atoms with Gasteiger partial charge in [-0.3, -0.25) is 4.98 Å². The van der Waals surface area contributed by atoms with E-state index in [1.54, 1.807) is 0 Å². The van der Waals surface area contributed by atoms with Crippen LogP contribution in [0.1, 0.15) is 37.3 Å². The van der Waals surface area contributed by atoms with E-state index in [2.05, 4.69) is 30.2 Å². The van der Waals surface area contributed by atoms with E-state index in [-0.39, 0.29) is 0 Å². The Labute approximate surface area is 92.1 Å². The molecule has 0 saturated heterocycles. The van der Waals surface area contributed by atoms with Crippen LogP contribution in [-0.2, 0) is 6.54 Å². The lowest BCUT2D eigenvalue weighted by atomic mass is 10.1. The van der Waals surface area contributed by atoms with Gasteiger partial charge in [0.15, 0.2) is 0 Å². The topological polar surface area (TPSA) is 24.9 Å². The van der Waals surface area contributed by atoms with Gasteiger partial charge in [0, 0.05) is 25.0 Å².